The van der Waals surface area contributed by atoms with Gasteiger partial charge in [-0.3, -0.25) is 4.79 Å². The number of carbonyl (C=O) groups is 1. The molecule has 1 N–H and O–H groups in total. The Labute approximate surface area is 151 Å². The van der Waals surface area contributed by atoms with Gasteiger partial charge in [-0.15, -0.1) is 0 Å². The minimum atomic E-state index is -0.167. The first-order valence-electron chi connectivity index (χ1n) is 7.96. The first-order valence-corrected chi connectivity index (χ1v) is 8.34. The van der Waals surface area contributed by atoms with Crippen LogP contribution in [-0.2, 0) is 4.79 Å². The molecule has 0 saturated heterocycles. The lowest BCUT2D eigenvalue weighted by molar-refractivity contribution is -0.117. The highest BCUT2D eigenvalue weighted by molar-refractivity contribution is 6.30. The second-order valence-corrected chi connectivity index (χ2v) is 6.11. The molecule has 25 heavy (non-hydrogen) atoms. The van der Waals surface area contributed by atoms with E-state index >= 15 is 0 Å². The van der Waals surface area contributed by atoms with E-state index < -0.39 is 0 Å². The van der Waals surface area contributed by atoms with Crippen molar-refractivity contribution in [3.05, 3.63) is 89.2 Å². The van der Waals surface area contributed by atoms with Crippen molar-refractivity contribution < 1.29 is 4.79 Å². The molecule has 0 spiro atoms. The fourth-order valence-electron chi connectivity index (χ4n) is 2.44. The molecule has 0 radical (unpaired) electrons. The minimum absolute atomic E-state index is 0.122. The first-order chi connectivity index (χ1) is 12.1. The van der Waals surface area contributed by atoms with Gasteiger partial charge in [0.2, 0.25) is 5.91 Å². The Kier molecular flexibility index (Phi) is 5.31. The van der Waals surface area contributed by atoms with Gasteiger partial charge in [-0.1, -0.05) is 41.9 Å². The summed E-state index contributed by atoms with van der Waals surface area (Å²) < 4.78 is 1.77. The smallest absolute Gasteiger partial charge is 0.244 e. The highest BCUT2D eigenvalue weighted by atomic mass is 35.5. The van der Waals surface area contributed by atoms with Gasteiger partial charge in [0.1, 0.15) is 0 Å². The van der Waals surface area contributed by atoms with E-state index in [0.717, 1.165) is 16.8 Å². The molecule has 126 valence electrons. The molecule has 0 aliphatic rings. The van der Waals surface area contributed by atoms with E-state index in [9.17, 15) is 4.79 Å². The number of halogens is 1. The van der Waals surface area contributed by atoms with Crippen LogP contribution >= 0.6 is 11.6 Å². The van der Waals surface area contributed by atoms with Gasteiger partial charge in [0.05, 0.1) is 17.9 Å². The van der Waals surface area contributed by atoms with Crippen molar-refractivity contribution in [3.63, 3.8) is 0 Å². The van der Waals surface area contributed by atoms with Crippen LogP contribution in [0.5, 0.6) is 0 Å². The predicted molar refractivity (Wildman–Crippen MR) is 101 cm³/mol. The molecule has 1 amide bonds. The quantitative estimate of drug-likeness (QED) is 0.692. The lowest BCUT2D eigenvalue weighted by Gasteiger charge is -2.13. The number of para-hydroxylation sites is 1. The summed E-state index contributed by atoms with van der Waals surface area (Å²) in [4.78, 5) is 12.1. The maximum atomic E-state index is 12.1. The zero-order valence-corrected chi connectivity index (χ0v) is 14.5. The van der Waals surface area contributed by atoms with E-state index in [-0.39, 0.29) is 11.9 Å². The van der Waals surface area contributed by atoms with Gasteiger partial charge < -0.3 is 5.32 Å². The second-order valence-electron chi connectivity index (χ2n) is 5.67. The molecule has 3 rings (SSSR count). The minimum Gasteiger partial charge on any atom is -0.346 e. The summed E-state index contributed by atoms with van der Waals surface area (Å²) in [6.45, 7) is 1.92. The maximum Gasteiger partial charge on any atom is 0.244 e. The highest BCUT2D eigenvalue weighted by Crippen LogP contribution is 2.17. The molecule has 2 aromatic carbocycles. The number of carbonyl (C=O) groups excluding carboxylic acids is 1. The van der Waals surface area contributed by atoms with Gasteiger partial charge >= 0.3 is 0 Å². The number of nitrogens with zero attached hydrogens (tertiary/aromatic N) is 2. The van der Waals surface area contributed by atoms with Crippen molar-refractivity contribution in [2.75, 3.05) is 0 Å². The van der Waals surface area contributed by atoms with Gasteiger partial charge in [0.25, 0.3) is 0 Å². The lowest BCUT2D eigenvalue weighted by atomic mass is 10.1. The third-order valence-corrected chi connectivity index (χ3v) is 3.99. The molecule has 0 bridgehead atoms. The van der Waals surface area contributed by atoms with Gasteiger partial charge in [-0.05, 0) is 42.8 Å². The molecule has 1 atom stereocenters. The van der Waals surface area contributed by atoms with Crippen molar-refractivity contribution in [2.24, 2.45) is 0 Å². The molecule has 0 aliphatic carbocycles. The fourth-order valence-corrected chi connectivity index (χ4v) is 2.64. The van der Waals surface area contributed by atoms with E-state index in [4.69, 9.17) is 11.6 Å². The van der Waals surface area contributed by atoms with Crippen LogP contribution in [0.1, 0.15) is 24.1 Å². The van der Waals surface area contributed by atoms with Crippen molar-refractivity contribution in [2.45, 2.75) is 13.0 Å². The van der Waals surface area contributed by atoms with Crippen LogP contribution < -0.4 is 5.32 Å². The Morgan fingerprint density at radius 3 is 2.76 bits per heavy atom. The molecule has 1 aromatic heterocycles. The largest absolute Gasteiger partial charge is 0.346 e. The molecule has 0 fully saturated rings. The summed E-state index contributed by atoms with van der Waals surface area (Å²) >= 11 is 5.98. The number of hydrogen-bond donors (Lipinski definition) is 1. The standard InChI is InChI=1S/C20H18ClN3O/c1-15(17-6-5-7-18(21)12-17)23-20(25)11-10-16-13-22-24(14-16)19-8-3-2-4-9-19/h2-15H,1H3,(H,23,25)/b11-10+/t15-/m1/s1. The van der Waals surface area contributed by atoms with Crippen molar-refractivity contribution in [1.29, 1.82) is 0 Å². The number of nitrogens with one attached hydrogen (secondary N) is 1. The molecular formula is C20H18ClN3O. The summed E-state index contributed by atoms with van der Waals surface area (Å²) in [5.41, 5.74) is 2.79. The highest BCUT2D eigenvalue weighted by Gasteiger charge is 2.08. The second kappa shape index (κ2) is 7.81. The lowest BCUT2D eigenvalue weighted by Crippen LogP contribution is -2.24. The van der Waals surface area contributed by atoms with Crippen LogP contribution in [0.3, 0.4) is 0 Å². The third kappa shape index (κ3) is 4.58. The average molecular weight is 352 g/mol. The zero-order chi connectivity index (χ0) is 17.6. The molecule has 0 saturated carbocycles. The van der Waals surface area contributed by atoms with E-state index in [2.05, 4.69) is 10.4 Å². The van der Waals surface area contributed by atoms with Crippen LogP contribution in [0.2, 0.25) is 5.02 Å². The van der Waals surface area contributed by atoms with Gasteiger partial charge in [-0.25, -0.2) is 4.68 Å². The molecule has 0 unspecified atom stereocenters. The normalized spacial score (nSPS) is 12.2. The number of aromatic nitrogens is 2. The Balaban J connectivity index is 1.62. The Morgan fingerprint density at radius 2 is 2.00 bits per heavy atom. The summed E-state index contributed by atoms with van der Waals surface area (Å²) in [7, 11) is 0. The van der Waals surface area contributed by atoms with Crippen molar-refractivity contribution in [1.82, 2.24) is 15.1 Å². The summed E-state index contributed by atoms with van der Waals surface area (Å²) in [6.07, 6.45) is 6.84. The summed E-state index contributed by atoms with van der Waals surface area (Å²) in [5.74, 6) is -0.167. The fraction of sp³-hybridized carbons (Fsp3) is 0.100. The van der Waals surface area contributed by atoms with Crippen molar-refractivity contribution in [3.8, 4) is 5.69 Å². The Bertz CT molecular complexity index is 887. The van der Waals surface area contributed by atoms with E-state index in [1.165, 1.54) is 6.08 Å². The van der Waals surface area contributed by atoms with E-state index in [0.29, 0.717) is 5.02 Å². The predicted octanol–water partition coefficient (Wildman–Crippen LogP) is 4.42. The maximum absolute atomic E-state index is 12.1. The SMILES string of the molecule is C[C@@H](NC(=O)/C=C/c1cnn(-c2ccccc2)c1)c1cccc(Cl)c1. The zero-order valence-electron chi connectivity index (χ0n) is 13.8. The molecule has 5 heteroatoms. The van der Waals surface area contributed by atoms with Crippen molar-refractivity contribution >= 4 is 23.6 Å². The van der Waals surface area contributed by atoms with Crippen LogP contribution in [0.15, 0.2) is 73.1 Å². The van der Waals surface area contributed by atoms with Gasteiger partial charge in [0.15, 0.2) is 0 Å². The van der Waals surface area contributed by atoms with Crippen LogP contribution in [0, 0.1) is 0 Å². The first kappa shape index (κ1) is 17.0. The van der Waals surface area contributed by atoms with E-state index in [1.54, 1.807) is 17.0 Å². The molecule has 4 nitrogen and oxygen atoms in total. The summed E-state index contributed by atoms with van der Waals surface area (Å²) in [5, 5.41) is 7.88. The molecule has 0 aliphatic heterocycles. The summed E-state index contributed by atoms with van der Waals surface area (Å²) in [6, 6.07) is 17.2. The number of amides is 1. The van der Waals surface area contributed by atoms with Crippen LogP contribution in [-0.4, -0.2) is 15.7 Å². The van der Waals surface area contributed by atoms with Gasteiger partial charge in [-0.2, -0.15) is 5.10 Å². The van der Waals surface area contributed by atoms with E-state index in [1.807, 2.05) is 67.7 Å². The number of rotatable bonds is 5. The molecule has 1 heterocycles. The Morgan fingerprint density at radius 1 is 1.20 bits per heavy atom. The number of benzene rings is 2. The monoisotopic (exact) mass is 351 g/mol. The Hall–Kier alpha value is -2.85. The molecular weight excluding hydrogens is 334 g/mol. The van der Waals surface area contributed by atoms with Crippen LogP contribution in [0.4, 0.5) is 0 Å². The average Bonchev–Trinajstić information content (AvgIpc) is 3.10. The third-order valence-electron chi connectivity index (χ3n) is 3.76. The number of hydrogen-bond acceptors (Lipinski definition) is 2. The molecule has 3 aromatic rings. The van der Waals surface area contributed by atoms with Crippen LogP contribution in [0.25, 0.3) is 11.8 Å². The van der Waals surface area contributed by atoms with Gasteiger partial charge in [0, 0.05) is 22.9 Å². The topological polar surface area (TPSA) is 46.9 Å².